The van der Waals surface area contributed by atoms with Gasteiger partial charge >= 0.3 is 0 Å². The third-order valence-corrected chi connectivity index (χ3v) is 4.88. The van der Waals surface area contributed by atoms with E-state index in [1.807, 2.05) is 17.0 Å². The van der Waals surface area contributed by atoms with Crippen LogP contribution in [0.25, 0.3) is 0 Å². The number of carbonyl (C=O) groups is 1. The van der Waals surface area contributed by atoms with Gasteiger partial charge in [-0.05, 0) is 28.7 Å². The van der Waals surface area contributed by atoms with Gasteiger partial charge in [0.2, 0.25) is 5.91 Å². The summed E-state index contributed by atoms with van der Waals surface area (Å²) in [7, 11) is 1.72. The number of carbonyl (C=O) groups excluding carboxylic acids is 1. The molecular formula is C21H26N2O2. The normalized spacial score (nSPS) is 17.0. The molecule has 0 aliphatic carbocycles. The van der Waals surface area contributed by atoms with Crippen LogP contribution in [0, 0.1) is 0 Å². The third kappa shape index (κ3) is 4.27. The van der Waals surface area contributed by atoms with Crippen LogP contribution in [0.15, 0.2) is 48.5 Å². The zero-order valence-electron chi connectivity index (χ0n) is 15.0. The quantitative estimate of drug-likeness (QED) is 0.908. The molecule has 1 N–H and O–H groups in total. The van der Waals surface area contributed by atoms with E-state index in [4.69, 9.17) is 4.74 Å². The molecule has 4 heteroatoms. The van der Waals surface area contributed by atoms with E-state index in [0.29, 0.717) is 13.2 Å². The molecule has 132 valence electrons. The number of benzene rings is 2. The van der Waals surface area contributed by atoms with Crippen LogP contribution in [0.1, 0.15) is 41.6 Å². The van der Waals surface area contributed by atoms with E-state index in [1.165, 1.54) is 22.3 Å². The van der Waals surface area contributed by atoms with E-state index in [1.54, 1.807) is 14.0 Å². The first kappa shape index (κ1) is 17.6. The highest BCUT2D eigenvalue weighted by atomic mass is 16.5. The predicted octanol–water partition coefficient (Wildman–Crippen LogP) is 3.42. The summed E-state index contributed by atoms with van der Waals surface area (Å²) in [4.78, 5) is 13.8. The monoisotopic (exact) mass is 338 g/mol. The molecule has 1 unspecified atom stereocenters. The minimum absolute atomic E-state index is 0.140. The van der Waals surface area contributed by atoms with Crippen LogP contribution in [-0.4, -0.2) is 24.5 Å². The highest BCUT2D eigenvalue weighted by Crippen LogP contribution is 2.27. The van der Waals surface area contributed by atoms with Crippen LogP contribution < -0.4 is 5.32 Å². The summed E-state index contributed by atoms with van der Waals surface area (Å²) in [5, 5.41) is 3.70. The van der Waals surface area contributed by atoms with Crippen molar-refractivity contribution >= 4 is 5.91 Å². The van der Waals surface area contributed by atoms with Gasteiger partial charge in [0.05, 0.1) is 6.61 Å². The van der Waals surface area contributed by atoms with Crippen molar-refractivity contribution in [3.63, 3.8) is 0 Å². The van der Waals surface area contributed by atoms with Crippen LogP contribution in [0.2, 0.25) is 0 Å². The molecule has 3 rings (SSSR count). The molecule has 2 aromatic rings. The van der Waals surface area contributed by atoms with Crippen LogP contribution in [0.4, 0.5) is 0 Å². The first-order valence-corrected chi connectivity index (χ1v) is 8.81. The molecule has 1 atom stereocenters. The topological polar surface area (TPSA) is 41.6 Å². The Morgan fingerprint density at radius 2 is 1.88 bits per heavy atom. The van der Waals surface area contributed by atoms with Gasteiger partial charge in [0, 0.05) is 39.7 Å². The first-order chi connectivity index (χ1) is 12.2. The molecule has 1 aliphatic rings. The molecule has 0 saturated heterocycles. The molecule has 0 radical (unpaired) electrons. The molecule has 0 spiro atoms. The van der Waals surface area contributed by atoms with E-state index >= 15 is 0 Å². The second kappa shape index (κ2) is 8.28. The molecule has 0 aromatic heterocycles. The van der Waals surface area contributed by atoms with Gasteiger partial charge in [0.15, 0.2) is 0 Å². The number of nitrogens with zero attached hydrogens (tertiary/aromatic N) is 1. The number of methoxy groups -OCH3 is 1. The maximum atomic E-state index is 11.9. The Balaban J connectivity index is 1.78. The van der Waals surface area contributed by atoms with Gasteiger partial charge in [0.1, 0.15) is 0 Å². The number of fused-ring (bicyclic) bond motifs is 1. The van der Waals surface area contributed by atoms with Crippen molar-refractivity contribution in [1.29, 1.82) is 0 Å². The van der Waals surface area contributed by atoms with E-state index in [-0.39, 0.29) is 11.9 Å². The van der Waals surface area contributed by atoms with Crippen molar-refractivity contribution < 1.29 is 9.53 Å². The summed E-state index contributed by atoms with van der Waals surface area (Å²) in [6.07, 6.45) is 0.920. The predicted molar refractivity (Wildman–Crippen MR) is 98.9 cm³/mol. The third-order valence-electron chi connectivity index (χ3n) is 4.88. The second-order valence-electron chi connectivity index (χ2n) is 6.56. The number of amides is 1. The minimum atomic E-state index is 0.140. The van der Waals surface area contributed by atoms with Gasteiger partial charge in [-0.2, -0.15) is 0 Å². The molecule has 1 heterocycles. The number of hydrogen-bond donors (Lipinski definition) is 1. The Labute approximate surface area is 149 Å². The summed E-state index contributed by atoms with van der Waals surface area (Å²) in [6.45, 7) is 4.54. The van der Waals surface area contributed by atoms with Gasteiger partial charge < -0.3 is 15.0 Å². The van der Waals surface area contributed by atoms with Crippen molar-refractivity contribution in [3.05, 3.63) is 70.8 Å². The summed E-state index contributed by atoms with van der Waals surface area (Å²) in [5.74, 6) is 0.140. The molecule has 0 fully saturated rings. The van der Waals surface area contributed by atoms with Gasteiger partial charge in [0.25, 0.3) is 0 Å². The van der Waals surface area contributed by atoms with E-state index in [2.05, 4.69) is 41.7 Å². The average molecular weight is 338 g/mol. The standard InChI is InChI=1S/C21H26N2O2/c1-16(24)23-12-11-21(20-10-6-5-8-18(20)14-23)22-13-17-7-3-4-9-19(17)15-25-2/h3-10,21-22H,11-15H2,1-2H3. The molecule has 0 bridgehead atoms. The Hall–Kier alpha value is -2.17. The van der Waals surface area contributed by atoms with Crippen molar-refractivity contribution in [1.82, 2.24) is 10.2 Å². The minimum Gasteiger partial charge on any atom is -0.380 e. The lowest BCUT2D eigenvalue weighted by Gasteiger charge is -2.20. The summed E-state index contributed by atoms with van der Waals surface area (Å²) in [5.41, 5.74) is 5.01. The molecule has 1 aliphatic heterocycles. The zero-order chi connectivity index (χ0) is 17.6. The first-order valence-electron chi connectivity index (χ1n) is 8.81. The summed E-state index contributed by atoms with van der Waals surface area (Å²) in [6, 6.07) is 17.0. The van der Waals surface area contributed by atoms with E-state index in [9.17, 15) is 4.79 Å². The van der Waals surface area contributed by atoms with E-state index < -0.39 is 0 Å². The van der Waals surface area contributed by atoms with Crippen LogP contribution in [-0.2, 0) is 29.2 Å². The summed E-state index contributed by atoms with van der Waals surface area (Å²) >= 11 is 0. The molecule has 4 nitrogen and oxygen atoms in total. The second-order valence-corrected chi connectivity index (χ2v) is 6.56. The molecule has 1 amide bonds. The van der Waals surface area contributed by atoms with Crippen molar-refractivity contribution in [2.75, 3.05) is 13.7 Å². The lowest BCUT2D eigenvalue weighted by atomic mass is 9.98. The van der Waals surface area contributed by atoms with Crippen molar-refractivity contribution in [2.45, 2.75) is 39.1 Å². The average Bonchev–Trinajstić information content (AvgIpc) is 2.81. The number of rotatable bonds is 5. The molecule has 25 heavy (non-hydrogen) atoms. The van der Waals surface area contributed by atoms with Crippen molar-refractivity contribution in [2.24, 2.45) is 0 Å². The highest BCUT2D eigenvalue weighted by molar-refractivity contribution is 5.73. The maximum absolute atomic E-state index is 11.9. The maximum Gasteiger partial charge on any atom is 0.219 e. The zero-order valence-corrected chi connectivity index (χ0v) is 15.0. The Kier molecular flexibility index (Phi) is 5.84. The number of hydrogen-bond acceptors (Lipinski definition) is 3. The fourth-order valence-corrected chi connectivity index (χ4v) is 3.48. The van der Waals surface area contributed by atoms with Gasteiger partial charge in [-0.15, -0.1) is 0 Å². The van der Waals surface area contributed by atoms with Crippen LogP contribution >= 0.6 is 0 Å². The number of nitrogens with one attached hydrogen (secondary N) is 1. The highest BCUT2D eigenvalue weighted by Gasteiger charge is 2.23. The smallest absolute Gasteiger partial charge is 0.219 e. The van der Waals surface area contributed by atoms with Crippen molar-refractivity contribution in [3.8, 4) is 0 Å². The van der Waals surface area contributed by atoms with Crippen LogP contribution in [0.5, 0.6) is 0 Å². The summed E-state index contributed by atoms with van der Waals surface area (Å²) < 4.78 is 5.31. The Morgan fingerprint density at radius 3 is 2.64 bits per heavy atom. The van der Waals surface area contributed by atoms with Gasteiger partial charge in [-0.1, -0.05) is 48.5 Å². The SMILES string of the molecule is COCc1ccccc1CNC1CCN(C(C)=O)Cc2ccccc21. The van der Waals surface area contributed by atoms with Gasteiger partial charge in [-0.3, -0.25) is 4.79 Å². The lowest BCUT2D eigenvalue weighted by Crippen LogP contribution is -2.29. The Morgan fingerprint density at radius 1 is 1.16 bits per heavy atom. The fourth-order valence-electron chi connectivity index (χ4n) is 3.48. The molecule has 0 saturated carbocycles. The molecular weight excluding hydrogens is 312 g/mol. The van der Waals surface area contributed by atoms with E-state index in [0.717, 1.165) is 19.5 Å². The van der Waals surface area contributed by atoms with Crippen LogP contribution in [0.3, 0.4) is 0 Å². The fraction of sp³-hybridized carbons (Fsp3) is 0.381. The lowest BCUT2D eigenvalue weighted by molar-refractivity contribution is -0.129. The Bertz CT molecular complexity index is 729. The largest absolute Gasteiger partial charge is 0.380 e. The number of ether oxygens (including phenoxy) is 1. The van der Waals surface area contributed by atoms with Gasteiger partial charge in [-0.25, -0.2) is 0 Å². The molecule has 2 aromatic carbocycles.